The van der Waals surface area contributed by atoms with Crippen LogP contribution in [0.4, 0.5) is 11.4 Å². The molecule has 150 valence electrons. The normalized spacial score (nSPS) is 11.2. The molecule has 0 aliphatic carbocycles. The van der Waals surface area contributed by atoms with Crippen LogP contribution >= 0.6 is 0 Å². The minimum Gasteiger partial charge on any atom is -0.321 e. The number of para-hydroxylation sites is 1. The highest BCUT2D eigenvalue weighted by atomic mass is 32.2. The molecular weight excluding hydrogens is 398 g/mol. The average molecular weight is 417 g/mol. The van der Waals surface area contributed by atoms with Crippen molar-refractivity contribution in [3.8, 4) is 0 Å². The average Bonchev–Trinajstić information content (AvgIpc) is 2.79. The van der Waals surface area contributed by atoms with Gasteiger partial charge in [-0.3, -0.25) is 14.1 Å². The lowest BCUT2D eigenvalue weighted by Crippen LogP contribution is -2.26. The molecular formula is C23H19N3O3S. The monoisotopic (exact) mass is 417 g/mol. The van der Waals surface area contributed by atoms with E-state index in [1.807, 2.05) is 24.3 Å². The van der Waals surface area contributed by atoms with E-state index in [-0.39, 0.29) is 10.5 Å². The molecule has 1 N–H and O–H groups in total. The van der Waals surface area contributed by atoms with Gasteiger partial charge in [-0.05, 0) is 42.5 Å². The summed E-state index contributed by atoms with van der Waals surface area (Å²) in [5.41, 5.74) is 1.43. The van der Waals surface area contributed by atoms with E-state index in [1.54, 1.807) is 54.9 Å². The number of rotatable bonds is 5. The predicted octanol–water partition coefficient (Wildman–Crippen LogP) is 4.31. The van der Waals surface area contributed by atoms with Gasteiger partial charge in [0, 0.05) is 41.5 Å². The maximum atomic E-state index is 13.0. The molecule has 0 aliphatic rings. The summed E-state index contributed by atoms with van der Waals surface area (Å²) in [6.45, 7) is 0. The summed E-state index contributed by atoms with van der Waals surface area (Å²) >= 11 is 0. The summed E-state index contributed by atoms with van der Waals surface area (Å²) in [6, 6.07) is 22.1. The highest BCUT2D eigenvalue weighted by molar-refractivity contribution is 7.92. The highest BCUT2D eigenvalue weighted by Gasteiger charge is 2.22. The number of benzene rings is 3. The van der Waals surface area contributed by atoms with Gasteiger partial charge in [0.25, 0.3) is 15.9 Å². The zero-order chi connectivity index (χ0) is 21.1. The Bertz CT molecular complexity index is 1320. The minimum atomic E-state index is -3.81. The number of hydrogen-bond acceptors (Lipinski definition) is 4. The fourth-order valence-corrected chi connectivity index (χ4v) is 4.40. The molecule has 4 rings (SSSR count). The summed E-state index contributed by atoms with van der Waals surface area (Å²) in [4.78, 5) is 17.0. The Morgan fingerprint density at radius 2 is 1.70 bits per heavy atom. The molecule has 1 aromatic heterocycles. The van der Waals surface area contributed by atoms with Crippen molar-refractivity contribution in [3.05, 3.63) is 96.8 Å². The number of aromatic nitrogens is 1. The maximum Gasteiger partial charge on any atom is 0.264 e. The van der Waals surface area contributed by atoms with Crippen LogP contribution in [-0.2, 0) is 10.0 Å². The van der Waals surface area contributed by atoms with Crippen LogP contribution in [-0.4, -0.2) is 26.4 Å². The van der Waals surface area contributed by atoms with E-state index in [1.165, 1.54) is 23.5 Å². The largest absolute Gasteiger partial charge is 0.321 e. The Balaban J connectivity index is 1.64. The first-order chi connectivity index (χ1) is 14.5. The van der Waals surface area contributed by atoms with Gasteiger partial charge in [-0.15, -0.1) is 0 Å². The molecule has 0 saturated carbocycles. The fourth-order valence-electron chi connectivity index (χ4n) is 3.16. The Morgan fingerprint density at radius 3 is 2.50 bits per heavy atom. The van der Waals surface area contributed by atoms with Crippen molar-refractivity contribution >= 4 is 38.1 Å². The van der Waals surface area contributed by atoms with Crippen molar-refractivity contribution in [2.24, 2.45) is 0 Å². The Hall–Kier alpha value is -3.71. The lowest BCUT2D eigenvalue weighted by atomic mass is 10.1. The summed E-state index contributed by atoms with van der Waals surface area (Å²) in [7, 11) is -2.32. The molecule has 0 saturated heterocycles. The molecule has 0 unspecified atom stereocenters. The zero-order valence-electron chi connectivity index (χ0n) is 16.2. The molecule has 0 spiro atoms. The van der Waals surface area contributed by atoms with Gasteiger partial charge in [-0.1, -0.05) is 36.4 Å². The van der Waals surface area contributed by atoms with Gasteiger partial charge in [-0.2, -0.15) is 0 Å². The number of hydrogen-bond donors (Lipinski definition) is 1. The van der Waals surface area contributed by atoms with E-state index >= 15 is 0 Å². The fraction of sp³-hybridized carbons (Fsp3) is 0.0435. The summed E-state index contributed by atoms with van der Waals surface area (Å²) < 4.78 is 27.3. The maximum absolute atomic E-state index is 13.0. The molecule has 30 heavy (non-hydrogen) atoms. The zero-order valence-corrected chi connectivity index (χ0v) is 17.0. The van der Waals surface area contributed by atoms with Crippen LogP contribution in [0.25, 0.3) is 10.8 Å². The number of carbonyl (C=O) groups is 1. The minimum absolute atomic E-state index is 0.0450. The molecule has 3 aromatic carbocycles. The number of nitrogens with zero attached hydrogens (tertiary/aromatic N) is 2. The topological polar surface area (TPSA) is 79.4 Å². The van der Waals surface area contributed by atoms with Gasteiger partial charge in [0.2, 0.25) is 0 Å². The molecule has 0 aliphatic heterocycles. The van der Waals surface area contributed by atoms with Crippen molar-refractivity contribution in [2.45, 2.75) is 4.90 Å². The van der Waals surface area contributed by atoms with Crippen molar-refractivity contribution < 1.29 is 13.2 Å². The quantitative estimate of drug-likeness (QED) is 0.525. The van der Waals surface area contributed by atoms with Gasteiger partial charge in [-0.25, -0.2) is 8.42 Å². The second kappa shape index (κ2) is 7.96. The molecule has 4 aromatic rings. The van der Waals surface area contributed by atoms with Crippen LogP contribution in [0.3, 0.4) is 0 Å². The molecule has 1 heterocycles. The van der Waals surface area contributed by atoms with Crippen molar-refractivity contribution in [3.63, 3.8) is 0 Å². The second-order valence-corrected chi connectivity index (χ2v) is 8.66. The van der Waals surface area contributed by atoms with Crippen LogP contribution < -0.4 is 9.62 Å². The molecule has 0 radical (unpaired) electrons. The van der Waals surface area contributed by atoms with E-state index in [4.69, 9.17) is 0 Å². The molecule has 0 fully saturated rings. The third-order valence-electron chi connectivity index (χ3n) is 4.80. The van der Waals surface area contributed by atoms with Crippen LogP contribution in [0.15, 0.2) is 96.2 Å². The van der Waals surface area contributed by atoms with Crippen LogP contribution in [0, 0.1) is 0 Å². The highest BCUT2D eigenvalue weighted by Crippen LogP contribution is 2.25. The molecule has 0 atom stereocenters. The van der Waals surface area contributed by atoms with E-state index in [0.29, 0.717) is 11.4 Å². The summed E-state index contributed by atoms with van der Waals surface area (Å²) in [5, 5.41) is 4.62. The summed E-state index contributed by atoms with van der Waals surface area (Å²) in [5.74, 6) is -0.390. The lowest BCUT2D eigenvalue weighted by Gasteiger charge is -2.19. The van der Waals surface area contributed by atoms with Gasteiger partial charge in [0.05, 0.1) is 10.6 Å². The van der Waals surface area contributed by atoms with Crippen LogP contribution in [0.2, 0.25) is 0 Å². The van der Waals surface area contributed by atoms with E-state index < -0.39 is 15.9 Å². The molecule has 0 bridgehead atoms. The number of nitrogens with one attached hydrogen (secondary N) is 1. The van der Waals surface area contributed by atoms with E-state index in [9.17, 15) is 13.2 Å². The number of amides is 1. The third-order valence-corrected chi connectivity index (χ3v) is 6.58. The molecule has 6 nitrogen and oxygen atoms in total. The number of pyridine rings is 1. The Kier molecular flexibility index (Phi) is 5.20. The van der Waals surface area contributed by atoms with Crippen LogP contribution in [0.5, 0.6) is 0 Å². The SMILES string of the molecule is CN(c1ccccc1)S(=O)(=O)c1cccc(C(=O)Nc2cccc3cnccc23)c1. The van der Waals surface area contributed by atoms with Crippen LogP contribution in [0.1, 0.15) is 10.4 Å². The molecule has 1 amide bonds. The standard InChI is InChI=1S/C23H19N3O3S/c1-26(19-9-3-2-4-10-19)30(28,29)20-11-5-7-17(15-20)23(27)25-22-12-6-8-18-16-24-14-13-21(18)22/h2-16H,1H3,(H,25,27). The van der Waals surface area contributed by atoms with Gasteiger partial charge in [0.1, 0.15) is 0 Å². The second-order valence-electron chi connectivity index (χ2n) is 6.69. The Labute approximate surface area is 174 Å². The van der Waals surface area contributed by atoms with Crippen molar-refractivity contribution in [1.82, 2.24) is 4.98 Å². The third kappa shape index (κ3) is 3.75. The number of fused-ring (bicyclic) bond motifs is 1. The summed E-state index contributed by atoms with van der Waals surface area (Å²) in [6.07, 6.45) is 3.38. The van der Waals surface area contributed by atoms with E-state index in [0.717, 1.165) is 10.8 Å². The smallest absolute Gasteiger partial charge is 0.264 e. The first-order valence-corrected chi connectivity index (χ1v) is 10.7. The number of anilines is 2. The van der Waals surface area contributed by atoms with Crippen molar-refractivity contribution in [1.29, 1.82) is 0 Å². The predicted molar refractivity (Wildman–Crippen MR) is 118 cm³/mol. The number of sulfonamides is 1. The van der Waals surface area contributed by atoms with Gasteiger partial charge < -0.3 is 5.32 Å². The van der Waals surface area contributed by atoms with Gasteiger partial charge in [0.15, 0.2) is 0 Å². The van der Waals surface area contributed by atoms with E-state index in [2.05, 4.69) is 10.3 Å². The lowest BCUT2D eigenvalue weighted by molar-refractivity contribution is 0.102. The van der Waals surface area contributed by atoms with Gasteiger partial charge >= 0.3 is 0 Å². The molecule has 7 heteroatoms. The first kappa shape index (κ1) is 19.6. The Morgan fingerprint density at radius 1 is 0.933 bits per heavy atom. The number of carbonyl (C=O) groups excluding carboxylic acids is 1. The van der Waals surface area contributed by atoms with Crippen molar-refractivity contribution in [2.75, 3.05) is 16.7 Å². The first-order valence-electron chi connectivity index (χ1n) is 9.25.